The number of sulfonamides is 1. The zero-order chi connectivity index (χ0) is 26.8. The van der Waals surface area contributed by atoms with Crippen LogP contribution in [0, 0.1) is 12.8 Å². The minimum Gasteiger partial charge on any atom is -0.494 e. The number of benzene rings is 2. The fraction of sp³-hybridized carbons (Fsp3) is 0.500. The van der Waals surface area contributed by atoms with Gasteiger partial charge in [-0.15, -0.1) is 0 Å². The van der Waals surface area contributed by atoms with E-state index in [0.29, 0.717) is 57.1 Å². The summed E-state index contributed by atoms with van der Waals surface area (Å²) in [6.07, 6.45) is -3.54. The van der Waals surface area contributed by atoms with E-state index in [2.05, 4.69) is 0 Å². The van der Waals surface area contributed by atoms with E-state index in [0.717, 1.165) is 17.7 Å². The van der Waals surface area contributed by atoms with Crippen molar-refractivity contribution in [3.05, 3.63) is 53.6 Å². The molecular weight excluding hydrogens is 507 g/mol. The van der Waals surface area contributed by atoms with E-state index in [9.17, 15) is 26.4 Å². The first-order valence-electron chi connectivity index (χ1n) is 12.5. The van der Waals surface area contributed by atoms with Crippen molar-refractivity contribution in [3.8, 4) is 5.75 Å². The van der Waals surface area contributed by atoms with Gasteiger partial charge >= 0.3 is 6.18 Å². The van der Waals surface area contributed by atoms with Crippen LogP contribution in [0.5, 0.6) is 5.75 Å². The highest BCUT2D eigenvalue weighted by atomic mass is 32.2. The Labute approximate surface area is 215 Å². The van der Waals surface area contributed by atoms with Gasteiger partial charge in [-0.1, -0.05) is 6.07 Å². The lowest BCUT2D eigenvalue weighted by atomic mass is 9.96. The van der Waals surface area contributed by atoms with Crippen LogP contribution in [0.15, 0.2) is 47.4 Å². The van der Waals surface area contributed by atoms with Gasteiger partial charge in [0.2, 0.25) is 15.9 Å². The van der Waals surface area contributed by atoms with E-state index in [1.54, 1.807) is 29.2 Å². The maximum Gasteiger partial charge on any atom is 0.416 e. The molecule has 0 aliphatic carbocycles. The molecule has 2 aliphatic heterocycles. The largest absolute Gasteiger partial charge is 0.494 e. The van der Waals surface area contributed by atoms with Crippen LogP contribution in [-0.2, 0) is 21.0 Å². The summed E-state index contributed by atoms with van der Waals surface area (Å²) in [7, 11) is -3.68. The number of hydrogen-bond acceptors (Lipinski definition) is 5. The lowest BCUT2D eigenvalue weighted by Gasteiger charge is -2.39. The molecule has 37 heavy (non-hydrogen) atoms. The number of nitrogens with zero attached hydrogens (tertiary/aromatic N) is 3. The summed E-state index contributed by atoms with van der Waals surface area (Å²) in [4.78, 5) is 16.9. The van der Waals surface area contributed by atoms with Crippen LogP contribution in [0.4, 0.5) is 18.9 Å². The predicted octanol–water partition coefficient (Wildman–Crippen LogP) is 4.16. The maximum absolute atomic E-state index is 13.2. The molecule has 2 aromatic carbocycles. The molecule has 202 valence electrons. The Morgan fingerprint density at radius 1 is 1.00 bits per heavy atom. The summed E-state index contributed by atoms with van der Waals surface area (Å²) in [5.41, 5.74) is 0.549. The monoisotopic (exact) mass is 539 g/mol. The lowest BCUT2D eigenvalue weighted by Crippen LogP contribution is -2.52. The van der Waals surface area contributed by atoms with E-state index in [1.165, 1.54) is 10.4 Å². The molecule has 0 aromatic heterocycles. The van der Waals surface area contributed by atoms with Crippen LogP contribution in [0.1, 0.15) is 30.9 Å². The molecule has 0 bridgehead atoms. The topological polar surface area (TPSA) is 70.2 Å². The van der Waals surface area contributed by atoms with Gasteiger partial charge in [0.1, 0.15) is 5.75 Å². The fourth-order valence-corrected chi connectivity index (χ4v) is 6.47. The SMILES string of the molecule is CCOc1ccc(S(=O)(=O)N2CCC(C(=O)N3CCN(c4cccc(C(F)(F)F)c4)CC3)CC2)cc1C. The van der Waals surface area contributed by atoms with Crippen LogP contribution in [0.3, 0.4) is 0 Å². The Balaban J connectivity index is 1.32. The number of ether oxygens (including phenoxy) is 1. The standard InChI is InChI=1S/C26H32F3N3O4S/c1-3-36-24-8-7-23(17-19(24)2)37(34,35)32-11-9-20(10-12-32)25(33)31-15-13-30(14-16-31)22-6-4-5-21(18-22)26(27,28)29/h4-8,17-18,20H,3,9-16H2,1-2H3. The summed E-state index contributed by atoms with van der Waals surface area (Å²) in [6.45, 7) is 6.40. The smallest absolute Gasteiger partial charge is 0.416 e. The minimum atomic E-state index is -4.40. The number of halogens is 3. The molecule has 2 aromatic rings. The first-order valence-corrected chi connectivity index (χ1v) is 13.9. The number of carbonyl (C=O) groups excluding carboxylic acids is 1. The van der Waals surface area contributed by atoms with Gasteiger partial charge in [-0.05, 0) is 68.7 Å². The highest BCUT2D eigenvalue weighted by Crippen LogP contribution is 2.32. The van der Waals surface area contributed by atoms with E-state index >= 15 is 0 Å². The molecule has 1 amide bonds. The average Bonchev–Trinajstić information content (AvgIpc) is 2.89. The van der Waals surface area contributed by atoms with Gasteiger partial charge in [0.25, 0.3) is 0 Å². The highest BCUT2D eigenvalue weighted by Gasteiger charge is 2.35. The van der Waals surface area contributed by atoms with Gasteiger partial charge in [-0.2, -0.15) is 17.5 Å². The van der Waals surface area contributed by atoms with Crippen molar-refractivity contribution < 1.29 is 31.1 Å². The highest BCUT2D eigenvalue weighted by molar-refractivity contribution is 7.89. The van der Waals surface area contributed by atoms with Crippen LogP contribution in [-0.4, -0.2) is 69.4 Å². The lowest BCUT2D eigenvalue weighted by molar-refractivity contribution is -0.137. The van der Waals surface area contributed by atoms with E-state index in [4.69, 9.17) is 4.74 Å². The first kappa shape index (κ1) is 27.3. The molecule has 2 saturated heterocycles. The Bertz CT molecular complexity index is 1220. The summed E-state index contributed by atoms with van der Waals surface area (Å²) in [5, 5.41) is 0. The number of alkyl halides is 3. The van der Waals surface area contributed by atoms with Gasteiger partial charge in [0, 0.05) is 50.9 Å². The Hall–Kier alpha value is -2.79. The van der Waals surface area contributed by atoms with Crippen LogP contribution in [0.2, 0.25) is 0 Å². The van der Waals surface area contributed by atoms with E-state index < -0.39 is 21.8 Å². The summed E-state index contributed by atoms with van der Waals surface area (Å²) >= 11 is 0. The zero-order valence-electron chi connectivity index (χ0n) is 21.0. The second-order valence-corrected chi connectivity index (χ2v) is 11.3. The molecule has 0 unspecified atom stereocenters. The second-order valence-electron chi connectivity index (χ2n) is 9.40. The van der Waals surface area contributed by atoms with Crippen molar-refractivity contribution in [2.75, 3.05) is 50.8 Å². The summed E-state index contributed by atoms with van der Waals surface area (Å²) in [5.74, 6) is 0.366. The molecular formula is C26H32F3N3O4S. The van der Waals surface area contributed by atoms with Crippen molar-refractivity contribution in [1.82, 2.24) is 9.21 Å². The number of carbonyl (C=O) groups is 1. The molecule has 0 N–H and O–H groups in total. The zero-order valence-corrected chi connectivity index (χ0v) is 21.8. The van der Waals surface area contributed by atoms with Gasteiger partial charge in [-0.3, -0.25) is 4.79 Å². The third-order valence-electron chi connectivity index (χ3n) is 7.02. The van der Waals surface area contributed by atoms with Gasteiger partial charge in [0.15, 0.2) is 0 Å². The van der Waals surface area contributed by atoms with Crippen molar-refractivity contribution in [2.24, 2.45) is 5.92 Å². The Kier molecular flexibility index (Phi) is 8.03. The van der Waals surface area contributed by atoms with Gasteiger partial charge in [0.05, 0.1) is 17.1 Å². The molecule has 0 spiro atoms. The van der Waals surface area contributed by atoms with Gasteiger partial charge < -0.3 is 14.5 Å². The van der Waals surface area contributed by atoms with Crippen LogP contribution >= 0.6 is 0 Å². The van der Waals surface area contributed by atoms with E-state index in [-0.39, 0.29) is 29.8 Å². The molecule has 2 aliphatic rings. The number of aryl methyl sites for hydroxylation is 1. The Morgan fingerprint density at radius 3 is 2.27 bits per heavy atom. The molecule has 2 fully saturated rings. The van der Waals surface area contributed by atoms with Crippen LogP contribution in [0.25, 0.3) is 0 Å². The third kappa shape index (κ3) is 6.04. The summed E-state index contributed by atoms with van der Waals surface area (Å²) < 4.78 is 72.4. The average molecular weight is 540 g/mol. The molecule has 0 saturated carbocycles. The molecule has 0 radical (unpaired) electrons. The van der Waals surface area contributed by atoms with Gasteiger partial charge in [-0.25, -0.2) is 8.42 Å². The number of piperidine rings is 1. The van der Waals surface area contributed by atoms with Crippen LogP contribution < -0.4 is 9.64 Å². The summed E-state index contributed by atoms with van der Waals surface area (Å²) in [6, 6.07) is 10.1. The fourth-order valence-electron chi connectivity index (χ4n) is 4.91. The molecule has 4 rings (SSSR count). The first-order chi connectivity index (χ1) is 17.5. The van der Waals surface area contributed by atoms with Crippen molar-refractivity contribution in [2.45, 2.75) is 37.8 Å². The van der Waals surface area contributed by atoms with Crippen molar-refractivity contribution in [1.29, 1.82) is 0 Å². The molecule has 7 nitrogen and oxygen atoms in total. The number of piperazine rings is 1. The Morgan fingerprint density at radius 2 is 1.68 bits per heavy atom. The molecule has 11 heteroatoms. The number of rotatable bonds is 6. The third-order valence-corrected chi connectivity index (χ3v) is 8.91. The molecule has 2 heterocycles. The normalized spacial score (nSPS) is 18.2. The second kappa shape index (κ2) is 10.9. The number of anilines is 1. The van der Waals surface area contributed by atoms with Crippen molar-refractivity contribution in [3.63, 3.8) is 0 Å². The van der Waals surface area contributed by atoms with E-state index in [1.807, 2.05) is 18.7 Å². The predicted molar refractivity (Wildman–Crippen MR) is 134 cm³/mol. The molecule has 0 atom stereocenters. The quantitative estimate of drug-likeness (QED) is 0.552. The number of hydrogen-bond donors (Lipinski definition) is 0. The number of amides is 1. The minimum absolute atomic E-state index is 0.0161. The maximum atomic E-state index is 13.2. The van der Waals surface area contributed by atoms with Crippen molar-refractivity contribution >= 4 is 21.6 Å².